The maximum Gasteiger partial charge on any atom is 0.387 e. The van der Waals surface area contributed by atoms with Crippen LogP contribution in [0.15, 0.2) is 42.5 Å². The number of nitrogen functional groups attached to an aromatic ring is 1. The van der Waals surface area contributed by atoms with Crippen molar-refractivity contribution in [2.24, 2.45) is 0 Å². The van der Waals surface area contributed by atoms with Gasteiger partial charge < -0.3 is 15.8 Å². The first kappa shape index (κ1) is 13.1. The minimum atomic E-state index is -3.09. The molecule has 100 valence electrons. The molecule has 0 amide bonds. The van der Waals surface area contributed by atoms with E-state index >= 15 is 0 Å². The topological polar surface area (TPSA) is 47.3 Å². The molecular weight excluding hydrogens is 257 g/mol. The zero-order valence-corrected chi connectivity index (χ0v) is 9.74. The van der Waals surface area contributed by atoms with Crippen molar-refractivity contribution in [3.8, 4) is 5.75 Å². The molecule has 0 aliphatic carbocycles. The maximum atomic E-state index is 13.4. The Bertz CT molecular complexity index is 561. The van der Waals surface area contributed by atoms with Crippen LogP contribution in [0.1, 0.15) is 0 Å². The number of nitrogens with two attached hydrogens (primary N) is 1. The summed E-state index contributed by atoms with van der Waals surface area (Å²) in [5.41, 5.74) is 6.72. The molecule has 0 aromatic heterocycles. The standard InChI is InChI=1S/C13H11F3N2O/c14-9-6-10(17)11(7-12(9)19-13(15)16)18-8-4-2-1-3-5-8/h1-7,13,18H,17H2. The SMILES string of the molecule is Nc1cc(F)c(OC(F)F)cc1Nc1ccccc1. The van der Waals surface area contributed by atoms with E-state index in [1.165, 1.54) is 0 Å². The molecule has 0 saturated carbocycles. The Kier molecular flexibility index (Phi) is 3.79. The zero-order valence-electron chi connectivity index (χ0n) is 9.74. The number of nitrogens with one attached hydrogen (secondary N) is 1. The third-order valence-corrected chi connectivity index (χ3v) is 2.37. The van der Waals surface area contributed by atoms with Crippen LogP contribution in [-0.2, 0) is 0 Å². The number of benzene rings is 2. The molecule has 0 radical (unpaired) electrons. The van der Waals surface area contributed by atoms with E-state index in [0.717, 1.165) is 12.1 Å². The van der Waals surface area contributed by atoms with Crippen LogP contribution in [0.25, 0.3) is 0 Å². The van der Waals surface area contributed by atoms with Gasteiger partial charge in [-0.2, -0.15) is 8.78 Å². The van der Waals surface area contributed by atoms with Crippen LogP contribution in [0.5, 0.6) is 5.75 Å². The van der Waals surface area contributed by atoms with Gasteiger partial charge in [-0.3, -0.25) is 0 Å². The van der Waals surface area contributed by atoms with Gasteiger partial charge in [0.25, 0.3) is 0 Å². The van der Waals surface area contributed by atoms with Crippen molar-refractivity contribution in [1.82, 2.24) is 0 Å². The van der Waals surface area contributed by atoms with Crippen LogP contribution in [0.4, 0.5) is 30.2 Å². The molecule has 0 aliphatic rings. The molecule has 3 N–H and O–H groups in total. The van der Waals surface area contributed by atoms with E-state index in [0.29, 0.717) is 11.4 Å². The first-order valence-electron chi connectivity index (χ1n) is 5.42. The third-order valence-electron chi connectivity index (χ3n) is 2.37. The molecule has 0 heterocycles. The Morgan fingerprint density at radius 2 is 1.79 bits per heavy atom. The molecule has 3 nitrogen and oxygen atoms in total. The van der Waals surface area contributed by atoms with Gasteiger partial charge in [0.2, 0.25) is 0 Å². The molecule has 0 bridgehead atoms. The molecule has 2 aromatic carbocycles. The summed E-state index contributed by atoms with van der Waals surface area (Å²) in [4.78, 5) is 0. The highest BCUT2D eigenvalue weighted by molar-refractivity contribution is 5.74. The van der Waals surface area contributed by atoms with Crippen LogP contribution in [0.2, 0.25) is 0 Å². The van der Waals surface area contributed by atoms with Crippen molar-refractivity contribution in [3.63, 3.8) is 0 Å². The predicted octanol–water partition coefficient (Wildman–Crippen LogP) is 3.75. The summed E-state index contributed by atoms with van der Waals surface area (Å²) < 4.78 is 41.7. The minimum absolute atomic E-state index is 0.1000. The Labute approximate surface area is 107 Å². The molecule has 19 heavy (non-hydrogen) atoms. The lowest BCUT2D eigenvalue weighted by Gasteiger charge is -2.12. The van der Waals surface area contributed by atoms with Crippen molar-refractivity contribution in [3.05, 3.63) is 48.3 Å². The molecular formula is C13H11F3N2O. The number of ether oxygens (including phenoxy) is 1. The molecule has 2 rings (SSSR count). The van der Waals surface area contributed by atoms with E-state index < -0.39 is 18.2 Å². The number of para-hydroxylation sites is 1. The van der Waals surface area contributed by atoms with Crippen molar-refractivity contribution in [2.45, 2.75) is 6.61 Å². The van der Waals surface area contributed by atoms with Gasteiger partial charge in [-0.1, -0.05) is 18.2 Å². The van der Waals surface area contributed by atoms with Gasteiger partial charge in [-0.15, -0.1) is 0 Å². The van der Waals surface area contributed by atoms with Crippen molar-refractivity contribution >= 4 is 17.1 Å². The predicted molar refractivity (Wildman–Crippen MR) is 67.2 cm³/mol. The van der Waals surface area contributed by atoms with Gasteiger partial charge in [-0.25, -0.2) is 4.39 Å². The van der Waals surface area contributed by atoms with E-state index in [2.05, 4.69) is 10.1 Å². The summed E-state index contributed by atoms with van der Waals surface area (Å²) in [6.45, 7) is -3.09. The van der Waals surface area contributed by atoms with Crippen LogP contribution < -0.4 is 15.8 Å². The highest BCUT2D eigenvalue weighted by Gasteiger charge is 2.13. The highest BCUT2D eigenvalue weighted by Crippen LogP contribution is 2.31. The number of halogens is 3. The van der Waals surface area contributed by atoms with Crippen LogP contribution >= 0.6 is 0 Å². The second-order valence-electron chi connectivity index (χ2n) is 3.74. The number of rotatable bonds is 4. The average molecular weight is 268 g/mol. The lowest BCUT2D eigenvalue weighted by Crippen LogP contribution is -2.05. The quantitative estimate of drug-likeness (QED) is 0.830. The normalized spacial score (nSPS) is 10.5. The Hall–Kier alpha value is -2.37. The zero-order chi connectivity index (χ0) is 13.8. The van der Waals surface area contributed by atoms with Crippen molar-refractivity contribution < 1.29 is 17.9 Å². The summed E-state index contributed by atoms with van der Waals surface area (Å²) in [5.74, 6) is -1.49. The van der Waals surface area contributed by atoms with Gasteiger partial charge in [-0.05, 0) is 12.1 Å². The van der Waals surface area contributed by atoms with Gasteiger partial charge >= 0.3 is 6.61 Å². The van der Waals surface area contributed by atoms with Crippen molar-refractivity contribution in [1.29, 1.82) is 0 Å². The summed E-state index contributed by atoms with van der Waals surface area (Å²) in [5, 5.41) is 2.90. The van der Waals surface area contributed by atoms with Gasteiger partial charge in [0.1, 0.15) is 0 Å². The van der Waals surface area contributed by atoms with Crippen molar-refractivity contribution in [2.75, 3.05) is 11.1 Å². The molecule has 0 aliphatic heterocycles. The fraction of sp³-hybridized carbons (Fsp3) is 0.0769. The number of hydrogen-bond acceptors (Lipinski definition) is 3. The minimum Gasteiger partial charge on any atom is -0.432 e. The van der Waals surface area contributed by atoms with Crippen LogP contribution in [0.3, 0.4) is 0 Å². The fourth-order valence-corrected chi connectivity index (χ4v) is 1.54. The molecule has 6 heteroatoms. The average Bonchev–Trinajstić information content (AvgIpc) is 2.36. The molecule has 0 spiro atoms. The molecule has 0 saturated heterocycles. The smallest absolute Gasteiger partial charge is 0.387 e. The molecule has 0 atom stereocenters. The summed E-state index contributed by atoms with van der Waals surface area (Å²) >= 11 is 0. The fourth-order valence-electron chi connectivity index (χ4n) is 1.54. The molecule has 2 aromatic rings. The Morgan fingerprint density at radius 1 is 1.11 bits per heavy atom. The summed E-state index contributed by atoms with van der Waals surface area (Å²) in [6.07, 6.45) is 0. The second-order valence-corrected chi connectivity index (χ2v) is 3.74. The first-order valence-corrected chi connectivity index (χ1v) is 5.42. The van der Waals surface area contributed by atoms with E-state index in [-0.39, 0.29) is 5.69 Å². The first-order chi connectivity index (χ1) is 9.06. The van der Waals surface area contributed by atoms with E-state index in [9.17, 15) is 13.2 Å². The van der Waals surface area contributed by atoms with E-state index in [4.69, 9.17) is 5.73 Å². The number of hydrogen-bond donors (Lipinski definition) is 2. The summed E-state index contributed by atoms with van der Waals surface area (Å²) in [7, 11) is 0. The Balaban J connectivity index is 2.29. The van der Waals surface area contributed by atoms with Gasteiger partial charge in [0.15, 0.2) is 11.6 Å². The lowest BCUT2D eigenvalue weighted by atomic mass is 10.2. The van der Waals surface area contributed by atoms with E-state index in [1.807, 2.05) is 6.07 Å². The molecule has 0 fully saturated rings. The Morgan fingerprint density at radius 3 is 2.42 bits per heavy atom. The largest absolute Gasteiger partial charge is 0.432 e. The van der Waals surface area contributed by atoms with Gasteiger partial charge in [0, 0.05) is 17.8 Å². The summed E-state index contributed by atoms with van der Waals surface area (Å²) in [6, 6.07) is 11.0. The van der Waals surface area contributed by atoms with Crippen LogP contribution in [-0.4, -0.2) is 6.61 Å². The van der Waals surface area contributed by atoms with E-state index in [1.54, 1.807) is 24.3 Å². The third kappa shape index (κ3) is 3.31. The monoisotopic (exact) mass is 268 g/mol. The van der Waals surface area contributed by atoms with Crippen LogP contribution in [0, 0.1) is 5.82 Å². The second kappa shape index (κ2) is 5.51. The maximum absolute atomic E-state index is 13.4. The molecule has 0 unspecified atom stereocenters. The number of anilines is 3. The highest BCUT2D eigenvalue weighted by atomic mass is 19.3. The number of alkyl halides is 2. The lowest BCUT2D eigenvalue weighted by molar-refractivity contribution is -0.0521. The van der Waals surface area contributed by atoms with Gasteiger partial charge in [0.05, 0.1) is 11.4 Å².